The molecule has 0 aliphatic carbocycles. The van der Waals surface area contributed by atoms with Crippen molar-refractivity contribution in [3.8, 4) is 5.75 Å². The second-order valence-electron chi connectivity index (χ2n) is 4.12. The van der Waals surface area contributed by atoms with Gasteiger partial charge in [-0.3, -0.25) is 0 Å². The highest BCUT2D eigenvalue weighted by Crippen LogP contribution is 2.28. The smallest absolute Gasteiger partial charge is 0.126 e. The van der Waals surface area contributed by atoms with Crippen LogP contribution in [0.15, 0.2) is 18.2 Å². The second kappa shape index (κ2) is 6.71. The van der Waals surface area contributed by atoms with E-state index in [1.165, 1.54) is 19.2 Å². The molecule has 1 aromatic carbocycles. The van der Waals surface area contributed by atoms with Crippen LogP contribution < -0.4 is 10.5 Å². The molecule has 0 bridgehead atoms. The number of halogens is 2. The van der Waals surface area contributed by atoms with Crippen molar-refractivity contribution in [3.63, 3.8) is 0 Å². The fraction of sp³-hybridized carbons (Fsp3) is 0.500. The topological polar surface area (TPSA) is 35.2 Å². The molecule has 0 aliphatic rings. The van der Waals surface area contributed by atoms with Crippen LogP contribution in [0, 0.1) is 11.7 Å². The molecule has 2 nitrogen and oxygen atoms in total. The summed E-state index contributed by atoms with van der Waals surface area (Å²) in [6, 6.07) is 4.38. The summed E-state index contributed by atoms with van der Waals surface area (Å²) in [5.74, 6) is 0.741. The molecule has 1 rings (SSSR count). The Morgan fingerprint density at radius 1 is 1.38 bits per heavy atom. The average Bonchev–Trinajstić information content (AvgIpc) is 2.16. The summed E-state index contributed by atoms with van der Waals surface area (Å²) in [5, 5.41) is 0. The molecule has 4 heteroatoms. The molecule has 0 saturated heterocycles. The SMILES string of the molecule is COc1cc(F)ccc1[C@H](N)CC(C)C.Cl. The Bertz CT molecular complexity index is 331. The number of hydrogen-bond donors (Lipinski definition) is 1. The molecule has 0 spiro atoms. The summed E-state index contributed by atoms with van der Waals surface area (Å²) in [6.07, 6.45) is 0.863. The van der Waals surface area contributed by atoms with Gasteiger partial charge in [-0.05, 0) is 18.4 Å². The van der Waals surface area contributed by atoms with Crippen molar-refractivity contribution in [1.29, 1.82) is 0 Å². The van der Waals surface area contributed by atoms with E-state index in [0.717, 1.165) is 12.0 Å². The highest BCUT2D eigenvalue weighted by Gasteiger charge is 2.13. The molecule has 0 radical (unpaired) electrons. The van der Waals surface area contributed by atoms with Gasteiger partial charge in [-0.15, -0.1) is 12.4 Å². The van der Waals surface area contributed by atoms with Gasteiger partial charge < -0.3 is 10.5 Å². The minimum absolute atomic E-state index is 0. The van der Waals surface area contributed by atoms with Crippen LogP contribution >= 0.6 is 12.4 Å². The molecule has 2 N–H and O–H groups in total. The zero-order chi connectivity index (χ0) is 11.4. The summed E-state index contributed by atoms with van der Waals surface area (Å²) >= 11 is 0. The van der Waals surface area contributed by atoms with E-state index >= 15 is 0 Å². The van der Waals surface area contributed by atoms with Gasteiger partial charge in [0.25, 0.3) is 0 Å². The lowest BCUT2D eigenvalue weighted by Crippen LogP contribution is -2.14. The van der Waals surface area contributed by atoms with E-state index in [1.54, 1.807) is 6.07 Å². The van der Waals surface area contributed by atoms with E-state index in [2.05, 4.69) is 13.8 Å². The van der Waals surface area contributed by atoms with Crippen molar-refractivity contribution in [3.05, 3.63) is 29.6 Å². The first-order valence-electron chi connectivity index (χ1n) is 5.13. The molecule has 0 saturated carbocycles. The zero-order valence-corrected chi connectivity index (χ0v) is 10.7. The van der Waals surface area contributed by atoms with Gasteiger partial charge in [-0.1, -0.05) is 19.9 Å². The predicted octanol–water partition coefficient (Wildman–Crippen LogP) is 3.30. The third-order valence-corrected chi connectivity index (χ3v) is 2.32. The molecule has 0 heterocycles. The highest BCUT2D eigenvalue weighted by atomic mass is 35.5. The van der Waals surface area contributed by atoms with Gasteiger partial charge in [0.2, 0.25) is 0 Å². The molecule has 92 valence electrons. The Hall–Kier alpha value is -0.800. The lowest BCUT2D eigenvalue weighted by Gasteiger charge is -2.17. The van der Waals surface area contributed by atoms with Gasteiger partial charge in [0, 0.05) is 17.7 Å². The van der Waals surface area contributed by atoms with Gasteiger partial charge in [-0.25, -0.2) is 4.39 Å². The number of ether oxygens (including phenoxy) is 1. The fourth-order valence-corrected chi connectivity index (χ4v) is 1.63. The molecule has 1 aromatic rings. The van der Waals surface area contributed by atoms with E-state index in [4.69, 9.17) is 10.5 Å². The summed E-state index contributed by atoms with van der Waals surface area (Å²) in [5.41, 5.74) is 6.89. The predicted molar refractivity (Wildman–Crippen MR) is 66.6 cm³/mol. The van der Waals surface area contributed by atoms with Crippen LogP contribution in [0.5, 0.6) is 5.75 Å². The lowest BCUT2D eigenvalue weighted by atomic mass is 9.97. The van der Waals surface area contributed by atoms with Crippen molar-refractivity contribution in [1.82, 2.24) is 0 Å². The van der Waals surface area contributed by atoms with Crippen molar-refractivity contribution < 1.29 is 9.13 Å². The third kappa shape index (κ3) is 3.99. The van der Waals surface area contributed by atoms with Crippen LogP contribution in [0.4, 0.5) is 4.39 Å². The number of benzene rings is 1. The van der Waals surface area contributed by atoms with E-state index in [9.17, 15) is 4.39 Å². The minimum atomic E-state index is -0.299. The average molecular weight is 248 g/mol. The largest absolute Gasteiger partial charge is 0.496 e. The summed E-state index contributed by atoms with van der Waals surface area (Å²) in [6.45, 7) is 4.21. The molecule has 0 unspecified atom stereocenters. The quantitative estimate of drug-likeness (QED) is 0.886. The maximum absolute atomic E-state index is 12.9. The summed E-state index contributed by atoms with van der Waals surface area (Å²) in [4.78, 5) is 0. The first kappa shape index (κ1) is 15.2. The number of rotatable bonds is 4. The maximum Gasteiger partial charge on any atom is 0.126 e. The number of hydrogen-bond acceptors (Lipinski definition) is 2. The summed E-state index contributed by atoms with van der Waals surface area (Å²) in [7, 11) is 1.53. The first-order chi connectivity index (χ1) is 7.04. The Morgan fingerprint density at radius 3 is 2.50 bits per heavy atom. The van der Waals surface area contributed by atoms with Crippen LogP contribution in [0.2, 0.25) is 0 Å². The van der Waals surface area contributed by atoms with Gasteiger partial charge in [0.1, 0.15) is 11.6 Å². The van der Waals surface area contributed by atoms with Crippen LogP contribution in [0.3, 0.4) is 0 Å². The highest BCUT2D eigenvalue weighted by molar-refractivity contribution is 5.85. The third-order valence-electron chi connectivity index (χ3n) is 2.32. The lowest BCUT2D eigenvalue weighted by molar-refractivity contribution is 0.396. The van der Waals surface area contributed by atoms with Crippen LogP contribution in [-0.2, 0) is 0 Å². The van der Waals surface area contributed by atoms with Gasteiger partial charge in [0.05, 0.1) is 7.11 Å². The Kier molecular flexibility index (Phi) is 6.38. The zero-order valence-electron chi connectivity index (χ0n) is 9.87. The molecule has 1 atom stereocenters. The van der Waals surface area contributed by atoms with Crippen LogP contribution in [0.25, 0.3) is 0 Å². The Labute approximate surface area is 102 Å². The van der Waals surface area contributed by atoms with Crippen molar-refractivity contribution in [2.24, 2.45) is 11.7 Å². The molecule has 0 amide bonds. The molecular weight excluding hydrogens is 229 g/mol. The summed E-state index contributed by atoms with van der Waals surface area (Å²) < 4.78 is 18.0. The monoisotopic (exact) mass is 247 g/mol. The normalized spacial score (nSPS) is 12.1. The van der Waals surface area contributed by atoms with E-state index in [0.29, 0.717) is 11.7 Å². The molecule has 0 aliphatic heterocycles. The standard InChI is InChI=1S/C12H18FNO.ClH/c1-8(2)6-11(14)10-5-4-9(13)7-12(10)15-3;/h4-5,7-8,11H,6,14H2,1-3H3;1H/t11-;/m1./s1. The second-order valence-corrected chi connectivity index (χ2v) is 4.12. The fourth-order valence-electron chi connectivity index (χ4n) is 1.63. The van der Waals surface area contributed by atoms with Gasteiger partial charge >= 0.3 is 0 Å². The van der Waals surface area contributed by atoms with Crippen molar-refractivity contribution in [2.45, 2.75) is 26.3 Å². The Morgan fingerprint density at radius 2 is 2.00 bits per heavy atom. The van der Waals surface area contributed by atoms with Crippen molar-refractivity contribution >= 4 is 12.4 Å². The number of methoxy groups -OCH3 is 1. The van der Waals surface area contributed by atoms with Crippen molar-refractivity contribution in [2.75, 3.05) is 7.11 Å². The number of nitrogens with two attached hydrogens (primary N) is 1. The van der Waals surface area contributed by atoms with Gasteiger partial charge in [-0.2, -0.15) is 0 Å². The molecule has 0 aromatic heterocycles. The Balaban J connectivity index is 0.00000225. The molecule has 0 fully saturated rings. The maximum atomic E-state index is 12.9. The van der Waals surface area contributed by atoms with E-state index < -0.39 is 0 Å². The minimum Gasteiger partial charge on any atom is -0.496 e. The van der Waals surface area contributed by atoms with E-state index in [-0.39, 0.29) is 24.3 Å². The van der Waals surface area contributed by atoms with E-state index in [1.807, 2.05) is 0 Å². The first-order valence-corrected chi connectivity index (χ1v) is 5.13. The van der Waals surface area contributed by atoms with Gasteiger partial charge in [0.15, 0.2) is 0 Å². The van der Waals surface area contributed by atoms with Crippen LogP contribution in [-0.4, -0.2) is 7.11 Å². The molecular formula is C12H19ClFNO. The molecule has 16 heavy (non-hydrogen) atoms. The van der Waals surface area contributed by atoms with Crippen LogP contribution in [0.1, 0.15) is 31.9 Å².